The lowest BCUT2D eigenvalue weighted by atomic mass is 10.1. The minimum absolute atomic E-state index is 0.0197. The van der Waals surface area contributed by atoms with Crippen LogP contribution in [0.15, 0.2) is 77.7 Å². The van der Waals surface area contributed by atoms with Gasteiger partial charge in [0, 0.05) is 11.6 Å². The minimum Gasteiger partial charge on any atom is -0.457 e. The normalized spacial score (nSPS) is 15.3. The Morgan fingerprint density at radius 2 is 1.72 bits per heavy atom. The monoisotopic (exact) mass is 450 g/mol. The molecule has 3 aromatic rings. The van der Waals surface area contributed by atoms with Crippen molar-refractivity contribution in [3.63, 3.8) is 0 Å². The van der Waals surface area contributed by atoms with Crippen molar-refractivity contribution in [1.82, 2.24) is 0 Å². The van der Waals surface area contributed by atoms with Crippen molar-refractivity contribution in [2.45, 2.75) is 30.9 Å². The quantitative estimate of drug-likeness (QED) is 0.580. The van der Waals surface area contributed by atoms with Crippen molar-refractivity contribution in [3.05, 3.63) is 95.1 Å². The first-order chi connectivity index (χ1) is 15.3. The van der Waals surface area contributed by atoms with E-state index in [0.29, 0.717) is 23.2 Å². The Labute approximate surface area is 186 Å². The summed E-state index contributed by atoms with van der Waals surface area (Å²) in [5, 5.41) is 0. The molecule has 164 valence electrons. The van der Waals surface area contributed by atoms with Gasteiger partial charge in [0.2, 0.25) is 5.91 Å². The van der Waals surface area contributed by atoms with E-state index in [-0.39, 0.29) is 23.1 Å². The molecule has 2 N–H and O–H groups in total. The number of anilines is 1. The molecule has 1 heterocycles. The smallest absolute Gasteiger partial charge is 0.338 e. The van der Waals surface area contributed by atoms with Crippen molar-refractivity contribution < 1.29 is 22.7 Å². The van der Waals surface area contributed by atoms with Gasteiger partial charge in [-0.3, -0.25) is 9.10 Å². The summed E-state index contributed by atoms with van der Waals surface area (Å²) >= 11 is 0. The van der Waals surface area contributed by atoms with Crippen LogP contribution in [-0.2, 0) is 27.8 Å². The lowest BCUT2D eigenvalue weighted by Crippen LogP contribution is -2.35. The number of primary amides is 1. The summed E-state index contributed by atoms with van der Waals surface area (Å²) in [6.07, 6.45) is 0.626. The third kappa shape index (κ3) is 4.09. The number of carbonyl (C=O) groups is 2. The van der Waals surface area contributed by atoms with Crippen molar-refractivity contribution in [2.24, 2.45) is 5.73 Å². The zero-order valence-electron chi connectivity index (χ0n) is 17.4. The molecule has 0 aliphatic carbocycles. The predicted molar refractivity (Wildman–Crippen MR) is 120 cm³/mol. The first-order valence-electron chi connectivity index (χ1n) is 10.1. The Balaban J connectivity index is 1.55. The molecule has 1 unspecified atom stereocenters. The van der Waals surface area contributed by atoms with Crippen LogP contribution in [0.1, 0.15) is 38.8 Å². The highest BCUT2D eigenvalue weighted by molar-refractivity contribution is 7.92. The van der Waals surface area contributed by atoms with E-state index in [1.165, 1.54) is 28.6 Å². The van der Waals surface area contributed by atoms with Crippen LogP contribution in [0.4, 0.5) is 5.69 Å². The van der Waals surface area contributed by atoms with Crippen molar-refractivity contribution in [1.29, 1.82) is 0 Å². The molecule has 7 nitrogen and oxygen atoms in total. The van der Waals surface area contributed by atoms with Crippen LogP contribution in [-0.4, -0.2) is 26.3 Å². The van der Waals surface area contributed by atoms with Gasteiger partial charge in [-0.1, -0.05) is 36.4 Å². The topological polar surface area (TPSA) is 107 Å². The van der Waals surface area contributed by atoms with Gasteiger partial charge in [0.1, 0.15) is 6.61 Å². The van der Waals surface area contributed by atoms with Crippen molar-refractivity contribution in [2.75, 3.05) is 4.31 Å². The van der Waals surface area contributed by atoms with Gasteiger partial charge in [-0.05, 0) is 60.9 Å². The Bertz CT molecular complexity index is 1300. The molecule has 0 fully saturated rings. The minimum atomic E-state index is -3.87. The van der Waals surface area contributed by atoms with Gasteiger partial charge >= 0.3 is 5.97 Å². The average molecular weight is 451 g/mol. The van der Waals surface area contributed by atoms with Crippen molar-refractivity contribution in [3.8, 4) is 0 Å². The van der Waals surface area contributed by atoms with Gasteiger partial charge in [-0.25, -0.2) is 13.2 Å². The molecule has 0 spiro atoms. The number of sulfonamides is 1. The van der Waals surface area contributed by atoms with Crippen LogP contribution in [0.2, 0.25) is 0 Å². The van der Waals surface area contributed by atoms with Crippen LogP contribution in [0, 0.1) is 0 Å². The molecule has 1 amide bonds. The standard InChI is InChI=1S/C24H22N2O5S/c1-16-12-18-7-2-3-11-22(18)26(16)32(29,30)21-10-5-9-20(14-21)24(28)31-15-17-6-4-8-19(13-17)23(25)27/h2-11,13-14,16H,12,15H2,1H3,(H2,25,27). The highest BCUT2D eigenvalue weighted by Crippen LogP contribution is 2.36. The molecule has 1 aliphatic heterocycles. The highest BCUT2D eigenvalue weighted by Gasteiger charge is 2.36. The number of benzene rings is 3. The second-order valence-corrected chi connectivity index (χ2v) is 9.47. The second-order valence-electron chi connectivity index (χ2n) is 7.65. The number of hydrogen-bond donors (Lipinski definition) is 1. The number of nitrogens with two attached hydrogens (primary N) is 1. The maximum Gasteiger partial charge on any atom is 0.338 e. The molecule has 0 radical (unpaired) electrons. The molecular weight excluding hydrogens is 428 g/mol. The molecule has 0 aromatic heterocycles. The number of fused-ring (bicyclic) bond motifs is 1. The van der Waals surface area contributed by atoms with E-state index in [1.54, 1.807) is 36.4 Å². The van der Waals surface area contributed by atoms with Crippen LogP contribution in [0.5, 0.6) is 0 Å². The number of hydrogen-bond acceptors (Lipinski definition) is 5. The Hall–Kier alpha value is -3.65. The zero-order valence-corrected chi connectivity index (χ0v) is 18.2. The van der Waals surface area contributed by atoms with Crippen LogP contribution < -0.4 is 10.0 Å². The number of para-hydroxylation sites is 1. The molecule has 1 atom stereocenters. The van der Waals surface area contributed by atoms with Crippen LogP contribution >= 0.6 is 0 Å². The largest absolute Gasteiger partial charge is 0.457 e. The number of carbonyl (C=O) groups excluding carboxylic acids is 2. The summed E-state index contributed by atoms with van der Waals surface area (Å²) in [6, 6.07) is 19.4. The molecule has 0 saturated heterocycles. The van der Waals surface area contributed by atoms with Gasteiger partial charge in [-0.15, -0.1) is 0 Å². The van der Waals surface area contributed by atoms with Gasteiger partial charge < -0.3 is 10.5 Å². The SMILES string of the molecule is CC1Cc2ccccc2N1S(=O)(=O)c1cccc(C(=O)OCc2cccc(C(N)=O)c2)c1. The van der Waals surface area contributed by atoms with Crippen LogP contribution in [0.25, 0.3) is 0 Å². The fourth-order valence-corrected chi connectivity index (χ4v) is 5.59. The molecule has 8 heteroatoms. The Kier molecular flexibility index (Phi) is 5.71. The third-order valence-corrected chi connectivity index (χ3v) is 7.28. The zero-order chi connectivity index (χ0) is 22.9. The summed E-state index contributed by atoms with van der Waals surface area (Å²) in [7, 11) is -3.87. The van der Waals surface area contributed by atoms with Gasteiger partial charge in [-0.2, -0.15) is 0 Å². The summed E-state index contributed by atoms with van der Waals surface area (Å²) in [6.45, 7) is 1.78. The third-order valence-electron chi connectivity index (χ3n) is 5.35. The fourth-order valence-electron chi connectivity index (χ4n) is 3.85. The Morgan fingerprint density at radius 1 is 1.00 bits per heavy atom. The molecule has 0 bridgehead atoms. The maximum absolute atomic E-state index is 13.4. The van der Waals surface area contributed by atoms with E-state index in [0.717, 1.165) is 5.56 Å². The fraction of sp³-hybridized carbons (Fsp3) is 0.167. The van der Waals surface area contributed by atoms with Gasteiger partial charge in [0.25, 0.3) is 10.0 Å². The van der Waals surface area contributed by atoms with E-state index < -0.39 is 21.9 Å². The van der Waals surface area contributed by atoms with Crippen molar-refractivity contribution >= 4 is 27.6 Å². The van der Waals surface area contributed by atoms with E-state index in [1.807, 2.05) is 19.1 Å². The second kappa shape index (κ2) is 8.47. The molecule has 0 saturated carbocycles. The van der Waals surface area contributed by atoms with Crippen LogP contribution in [0.3, 0.4) is 0 Å². The predicted octanol–water partition coefficient (Wildman–Crippen LogP) is 3.28. The van der Waals surface area contributed by atoms with E-state index in [9.17, 15) is 18.0 Å². The number of nitrogens with zero attached hydrogens (tertiary/aromatic N) is 1. The Morgan fingerprint density at radius 3 is 2.50 bits per heavy atom. The molecular formula is C24H22N2O5S. The summed E-state index contributed by atoms with van der Waals surface area (Å²) in [5.41, 5.74) is 7.93. The lowest BCUT2D eigenvalue weighted by Gasteiger charge is -2.24. The number of ether oxygens (including phenoxy) is 1. The first-order valence-corrected chi connectivity index (χ1v) is 11.5. The molecule has 1 aliphatic rings. The summed E-state index contributed by atoms with van der Waals surface area (Å²) in [4.78, 5) is 23.9. The molecule has 32 heavy (non-hydrogen) atoms. The number of rotatable bonds is 6. The van der Waals surface area contributed by atoms with Gasteiger partial charge in [0.05, 0.1) is 16.1 Å². The summed E-state index contributed by atoms with van der Waals surface area (Å²) in [5.74, 6) is -1.24. The van der Waals surface area contributed by atoms with E-state index >= 15 is 0 Å². The van der Waals surface area contributed by atoms with E-state index in [4.69, 9.17) is 10.5 Å². The number of amides is 1. The summed E-state index contributed by atoms with van der Waals surface area (Å²) < 4.78 is 33.5. The number of esters is 1. The molecule has 3 aromatic carbocycles. The van der Waals surface area contributed by atoms with E-state index in [2.05, 4.69) is 0 Å². The average Bonchev–Trinajstić information content (AvgIpc) is 3.14. The first kappa shape index (κ1) is 21.6. The van der Waals surface area contributed by atoms with Gasteiger partial charge in [0.15, 0.2) is 0 Å². The molecule has 4 rings (SSSR count). The lowest BCUT2D eigenvalue weighted by molar-refractivity contribution is 0.0472. The maximum atomic E-state index is 13.4. The highest BCUT2D eigenvalue weighted by atomic mass is 32.2.